The molecule has 22 heavy (non-hydrogen) atoms. The van der Waals surface area contributed by atoms with Crippen LogP contribution in [-0.4, -0.2) is 29.9 Å². The van der Waals surface area contributed by atoms with E-state index in [2.05, 4.69) is 22.5 Å². The minimum absolute atomic E-state index is 0.212. The Bertz CT molecular complexity index is 547. The first-order chi connectivity index (χ1) is 10.6. The summed E-state index contributed by atoms with van der Waals surface area (Å²) in [6, 6.07) is 3.67. The summed E-state index contributed by atoms with van der Waals surface area (Å²) in [5, 5.41) is 5.52. The molecule has 1 aliphatic heterocycles. The largest absolute Gasteiger partial charge is 0.477 e. The topological polar surface area (TPSA) is 80.3 Å². The van der Waals surface area contributed by atoms with Crippen LogP contribution in [0.3, 0.4) is 0 Å². The Labute approximate surface area is 130 Å². The molecule has 1 atom stereocenters. The summed E-state index contributed by atoms with van der Waals surface area (Å²) in [5.41, 5.74) is -0.167. The van der Waals surface area contributed by atoms with Gasteiger partial charge in [0.25, 0.3) is 0 Å². The van der Waals surface area contributed by atoms with E-state index in [1.54, 1.807) is 19.2 Å². The van der Waals surface area contributed by atoms with E-state index in [1.807, 2.05) is 6.07 Å². The monoisotopic (exact) mass is 305 g/mol. The summed E-state index contributed by atoms with van der Waals surface area (Å²) >= 11 is 0. The van der Waals surface area contributed by atoms with Gasteiger partial charge in [0.15, 0.2) is 0 Å². The van der Waals surface area contributed by atoms with Crippen molar-refractivity contribution in [3.8, 4) is 5.88 Å². The maximum Gasteiger partial charge on any atom is 0.235 e. The fourth-order valence-electron chi connectivity index (χ4n) is 2.32. The van der Waals surface area contributed by atoms with Crippen LogP contribution in [0.4, 0.5) is 0 Å². The van der Waals surface area contributed by atoms with Crippen molar-refractivity contribution in [3.05, 3.63) is 23.9 Å². The molecule has 1 aromatic heterocycles. The van der Waals surface area contributed by atoms with E-state index in [4.69, 9.17) is 4.74 Å². The van der Waals surface area contributed by atoms with Crippen LogP contribution in [0.1, 0.15) is 38.7 Å². The number of carbonyl (C=O) groups excluding carboxylic acids is 2. The van der Waals surface area contributed by atoms with E-state index in [-0.39, 0.29) is 11.8 Å². The lowest BCUT2D eigenvalue weighted by Crippen LogP contribution is -2.43. The standard InChI is InChI=1S/C16H23N3O3/c1-3-4-10-22-13-12(6-5-8-17-13)11-19-15(21)16(2)7-9-18-14(16)20/h5-6,8H,3-4,7,9-11H2,1-2H3,(H,18,20)(H,19,21)/t16-/m1/s1. The first-order valence-electron chi connectivity index (χ1n) is 7.71. The highest BCUT2D eigenvalue weighted by Crippen LogP contribution is 2.26. The van der Waals surface area contributed by atoms with Gasteiger partial charge in [0.05, 0.1) is 6.61 Å². The molecule has 0 spiro atoms. The lowest BCUT2D eigenvalue weighted by molar-refractivity contribution is -0.139. The van der Waals surface area contributed by atoms with Gasteiger partial charge in [-0.05, 0) is 25.8 Å². The van der Waals surface area contributed by atoms with E-state index in [0.29, 0.717) is 32.0 Å². The molecule has 0 bridgehead atoms. The minimum Gasteiger partial charge on any atom is -0.477 e. The zero-order valence-corrected chi connectivity index (χ0v) is 13.1. The summed E-state index contributed by atoms with van der Waals surface area (Å²) < 4.78 is 5.64. The van der Waals surface area contributed by atoms with Crippen LogP contribution in [0.25, 0.3) is 0 Å². The van der Waals surface area contributed by atoms with Gasteiger partial charge in [0, 0.05) is 24.8 Å². The number of carbonyl (C=O) groups is 2. The van der Waals surface area contributed by atoms with Crippen molar-refractivity contribution in [2.75, 3.05) is 13.2 Å². The van der Waals surface area contributed by atoms with E-state index < -0.39 is 5.41 Å². The van der Waals surface area contributed by atoms with Crippen LogP contribution in [-0.2, 0) is 16.1 Å². The van der Waals surface area contributed by atoms with Gasteiger partial charge in [0.2, 0.25) is 17.7 Å². The second-order valence-electron chi connectivity index (χ2n) is 5.69. The molecule has 0 aliphatic carbocycles. The number of aromatic nitrogens is 1. The predicted octanol–water partition coefficient (Wildman–Crippen LogP) is 1.40. The van der Waals surface area contributed by atoms with E-state index >= 15 is 0 Å². The van der Waals surface area contributed by atoms with Crippen molar-refractivity contribution < 1.29 is 14.3 Å². The van der Waals surface area contributed by atoms with Gasteiger partial charge in [-0.1, -0.05) is 19.4 Å². The van der Waals surface area contributed by atoms with Gasteiger partial charge in [-0.25, -0.2) is 4.98 Å². The highest BCUT2D eigenvalue weighted by Gasteiger charge is 2.44. The molecule has 1 fully saturated rings. The zero-order valence-electron chi connectivity index (χ0n) is 13.1. The average molecular weight is 305 g/mol. The zero-order chi connectivity index (χ0) is 16.0. The van der Waals surface area contributed by atoms with Crippen LogP contribution < -0.4 is 15.4 Å². The number of amides is 2. The molecule has 2 amide bonds. The van der Waals surface area contributed by atoms with Crippen molar-refractivity contribution in [2.45, 2.75) is 39.7 Å². The lowest BCUT2D eigenvalue weighted by Gasteiger charge is -2.20. The van der Waals surface area contributed by atoms with Crippen molar-refractivity contribution in [1.82, 2.24) is 15.6 Å². The normalized spacial score (nSPS) is 20.5. The highest BCUT2D eigenvalue weighted by atomic mass is 16.5. The third-order valence-corrected chi connectivity index (χ3v) is 3.94. The summed E-state index contributed by atoms with van der Waals surface area (Å²) in [4.78, 5) is 28.3. The van der Waals surface area contributed by atoms with Crippen LogP contribution in [0.15, 0.2) is 18.3 Å². The molecule has 120 valence electrons. The molecule has 6 heteroatoms. The third-order valence-electron chi connectivity index (χ3n) is 3.94. The van der Waals surface area contributed by atoms with Crippen molar-refractivity contribution in [2.24, 2.45) is 5.41 Å². The predicted molar refractivity (Wildman–Crippen MR) is 82.2 cm³/mol. The number of unbranched alkanes of at least 4 members (excludes halogenated alkanes) is 1. The SMILES string of the molecule is CCCCOc1ncccc1CNC(=O)[C@]1(C)CCNC1=O. The Kier molecular flexibility index (Phi) is 5.35. The van der Waals surface area contributed by atoms with E-state index in [9.17, 15) is 9.59 Å². The number of nitrogens with one attached hydrogen (secondary N) is 2. The Balaban J connectivity index is 1.96. The summed E-state index contributed by atoms with van der Waals surface area (Å²) in [6.45, 7) is 5.22. The van der Waals surface area contributed by atoms with Gasteiger partial charge in [-0.2, -0.15) is 0 Å². The van der Waals surface area contributed by atoms with Crippen LogP contribution in [0.2, 0.25) is 0 Å². The Morgan fingerprint density at radius 1 is 1.55 bits per heavy atom. The van der Waals surface area contributed by atoms with Gasteiger partial charge >= 0.3 is 0 Å². The second-order valence-corrected chi connectivity index (χ2v) is 5.69. The van der Waals surface area contributed by atoms with Crippen molar-refractivity contribution >= 4 is 11.8 Å². The fraction of sp³-hybridized carbons (Fsp3) is 0.562. The number of hydrogen-bond donors (Lipinski definition) is 2. The molecule has 2 heterocycles. The second kappa shape index (κ2) is 7.24. The van der Waals surface area contributed by atoms with Crippen LogP contribution in [0, 0.1) is 5.41 Å². The molecule has 1 aliphatic rings. The highest BCUT2D eigenvalue weighted by molar-refractivity contribution is 6.05. The molecule has 0 radical (unpaired) electrons. The number of ether oxygens (including phenoxy) is 1. The van der Waals surface area contributed by atoms with Crippen molar-refractivity contribution in [1.29, 1.82) is 0 Å². The number of rotatable bonds is 7. The number of pyridine rings is 1. The maximum absolute atomic E-state index is 12.3. The summed E-state index contributed by atoms with van der Waals surface area (Å²) in [7, 11) is 0. The van der Waals surface area contributed by atoms with Gasteiger partial charge < -0.3 is 15.4 Å². The Morgan fingerprint density at radius 3 is 3.05 bits per heavy atom. The number of nitrogens with zero attached hydrogens (tertiary/aromatic N) is 1. The third kappa shape index (κ3) is 3.55. The summed E-state index contributed by atoms with van der Waals surface area (Å²) in [6.07, 6.45) is 4.19. The molecule has 0 unspecified atom stereocenters. The maximum atomic E-state index is 12.3. The van der Waals surface area contributed by atoms with Gasteiger partial charge in [-0.3, -0.25) is 9.59 Å². The molecule has 0 saturated carbocycles. The molecule has 1 aromatic rings. The van der Waals surface area contributed by atoms with Crippen LogP contribution in [0.5, 0.6) is 5.88 Å². The molecule has 2 N–H and O–H groups in total. The molecule has 0 aromatic carbocycles. The Morgan fingerprint density at radius 2 is 2.36 bits per heavy atom. The lowest BCUT2D eigenvalue weighted by atomic mass is 9.88. The smallest absolute Gasteiger partial charge is 0.235 e. The quantitative estimate of drug-likeness (QED) is 0.589. The molecule has 6 nitrogen and oxygen atoms in total. The van der Waals surface area contributed by atoms with Gasteiger partial charge in [-0.15, -0.1) is 0 Å². The van der Waals surface area contributed by atoms with E-state index in [0.717, 1.165) is 18.4 Å². The molecule has 2 rings (SSSR count). The molecular formula is C16H23N3O3. The number of hydrogen-bond acceptors (Lipinski definition) is 4. The molecule has 1 saturated heterocycles. The van der Waals surface area contributed by atoms with E-state index in [1.165, 1.54) is 0 Å². The average Bonchev–Trinajstić information content (AvgIpc) is 2.87. The fourth-order valence-corrected chi connectivity index (χ4v) is 2.32. The van der Waals surface area contributed by atoms with Gasteiger partial charge in [0.1, 0.15) is 5.41 Å². The first kappa shape index (κ1) is 16.3. The summed E-state index contributed by atoms with van der Waals surface area (Å²) in [5.74, 6) is 0.0683. The minimum atomic E-state index is -0.981. The van der Waals surface area contributed by atoms with Crippen molar-refractivity contribution in [3.63, 3.8) is 0 Å². The Hall–Kier alpha value is -2.11. The first-order valence-corrected chi connectivity index (χ1v) is 7.71. The molecular weight excluding hydrogens is 282 g/mol. The van der Waals surface area contributed by atoms with Crippen LogP contribution >= 0.6 is 0 Å².